The molecule has 25 heavy (non-hydrogen) atoms. The van der Waals surface area contributed by atoms with E-state index in [0.29, 0.717) is 11.6 Å². The molecule has 1 amide bonds. The van der Waals surface area contributed by atoms with E-state index in [1.807, 2.05) is 6.07 Å². The second kappa shape index (κ2) is 6.20. The predicted octanol–water partition coefficient (Wildman–Crippen LogP) is 3.85. The molecule has 1 N–H and O–H groups in total. The van der Waals surface area contributed by atoms with Crippen LogP contribution < -0.4 is 5.32 Å². The molecule has 3 aliphatic heterocycles. The van der Waals surface area contributed by atoms with E-state index in [1.54, 1.807) is 11.3 Å². The third-order valence-corrected chi connectivity index (χ3v) is 7.01. The van der Waals surface area contributed by atoms with E-state index in [2.05, 4.69) is 43.5 Å². The van der Waals surface area contributed by atoms with Gasteiger partial charge in [0.1, 0.15) is 5.69 Å². The van der Waals surface area contributed by atoms with Crippen LogP contribution in [0.25, 0.3) is 21.2 Å². The van der Waals surface area contributed by atoms with Gasteiger partial charge in [0.15, 0.2) is 0 Å². The number of carbonyl (C=O) groups is 1. The number of hydrogen-bond acceptors (Lipinski definition) is 5. The van der Waals surface area contributed by atoms with Gasteiger partial charge in [0.25, 0.3) is 5.91 Å². The van der Waals surface area contributed by atoms with E-state index in [-0.39, 0.29) is 11.9 Å². The first-order valence-electron chi connectivity index (χ1n) is 8.73. The van der Waals surface area contributed by atoms with Gasteiger partial charge in [0, 0.05) is 18.0 Å². The van der Waals surface area contributed by atoms with Crippen LogP contribution in [0.15, 0.2) is 35.0 Å². The monoisotopic (exact) mass is 369 g/mol. The summed E-state index contributed by atoms with van der Waals surface area (Å²) in [5, 5.41) is 8.44. The van der Waals surface area contributed by atoms with Crippen molar-refractivity contribution in [3.05, 3.63) is 40.7 Å². The van der Waals surface area contributed by atoms with E-state index in [4.69, 9.17) is 0 Å². The van der Waals surface area contributed by atoms with Crippen molar-refractivity contribution >= 4 is 38.9 Å². The number of aromatic nitrogens is 1. The highest BCUT2D eigenvalue weighted by Crippen LogP contribution is 2.31. The minimum absolute atomic E-state index is 0.0201. The molecule has 0 aliphatic carbocycles. The molecular formula is C19H19N3OS2. The summed E-state index contributed by atoms with van der Waals surface area (Å²) in [7, 11) is 0. The summed E-state index contributed by atoms with van der Waals surface area (Å²) in [5.74, 6) is 0.609. The fourth-order valence-electron chi connectivity index (χ4n) is 4.07. The van der Waals surface area contributed by atoms with E-state index in [1.165, 1.54) is 48.6 Å². The zero-order valence-electron chi connectivity index (χ0n) is 13.8. The molecule has 6 heteroatoms. The van der Waals surface area contributed by atoms with Crippen molar-refractivity contribution in [3.63, 3.8) is 0 Å². The summed E-state index contributed by atoms with van der Waals surface area (Å²) in [6, 6.07) is 8.66. The average Bonchev–Trinajstić information content (AvgIpc) is 3.32. The molecular weight excluding hydrogens is 350 g/mol. The van der Waals surface area contributed by atoms with Crippen LogP contribution in [0.5, 0.6) is 0 Å². The van der Waals surface area contributed by atoms with Crippen molar-refractivity contribution in [2.45, 2.75) is 18.9 Å². The van der Waals surface area contributed by atoms with Crippen molar-refractivity contribution in [2.24, 2.45) is 5.92 Å². The van der Waals surface area contributed by atoms with Crippen LogP contribution in [0.4, 0.5) is 0 Å². The van der Waals surface area contributed by atoms with Gasteiger partial charge in [-0.3, -0.25) is 4.79 Å². The molecule has 3 fully saturated rings. The molecule has 2 aromatic heterocycles. The van der Waals surface area contributed by atoms with Crippen LogP contribution in [0, 0.1) is 5.92 Å². The lowest BCUT2D eigenvalue weighted by Crippen LogP contribution is -2.57. The standard InChI is InChI=1S/C19H19N3OS2/c23-19(20-16-10-22-6-3-12(16)4-7-22)18-15-2-1-13(9-17(15)25-21-18)14-5-8-24-11-14/h1-2,5,8-9,11-12,16H,3-4,6-7,10H2,(H,20,23)/t16-/m0/s1. The maximum atomic E-state index is 12.8. The van der Waals surface area contributed by atoms with Crippen LogP contribution in [0.2, 0.25) is 0 Å². The summed E-state index contributed by atoms with van der Waals surface area (Å²) in [4.78, 5) is 15.2. The van der Waals surface area contributed by atoms with E-state index < -0.39 is 0 Å². The summed E-state index contributed by atoms with van der Waals surface area (Å²) in [5.41, 5.74) is 2.98. The van der Waals surface area contributed by atoms with E-state index in [9.17, 15) is 4.79 Å². The average molecular weight is 370 g/mol. The highest BCUT2D eigenvalue weighted by Gasteiger charge is 2.35. The lowest BCUT2D eigenvalue weighted by Gasteiger charge is -2.44. The minimum Gasteiger partial charge on any atom is -0.346 e. The number of nitrogens with zero attached hydrogens (tertiary/aromatic N) is 2. The van der Waals surface area contributed by atoms with Gasteiger partial charge in [-0.15, -0.1) is 0 Å². The SMILES string of the molecule is O=C(N[C@H]1CN2CCC1CC2)c1nsc2cc(-c3ccsc3)ccc12. The fraction of sp³-hybridized carbons (Fsp3) is 0.368. The number of fused-ring (bicyclic) bond motifs is 4. The summed E-state index contributed by atoms with van der Waals surface area (Å²) < 4.78 is 5.54. The second-order valence-corrected chi connectivity index (χ2v) is 8.56. The van der Waals surface area contributed by atoms with Crippen LogP contribution in [-0.4, -0.2) is 40.9 Å². The molecule has 2 bridgehead atoms. The Bertz CT molecular complexity index is 910. The summed E-state index contributed by atoms with van der Waals surface area (Å²) in [6.07, 6.45) is 2.40. The highest BCUT2D eigenvalue weighted by molar-refractivity contribution is 7.13. The molecule has 0 radical (unpaired) electrons. The van der Waals surface area contributed by atoms with Crippen molar-refractivity contribution in [2.75, 3.05) is 19.6 Å². The Morgan fingerprint density at radius 3 is 2.80 bits per heavy atom. The fourth-order valence-corrected chi connectivity index (χ4v) is 5.55. The summed E-state index contributed by atoms with van der Waals surface area (Å²) >= 11 is 3.11. The number of rotatable bonds is 3. The van der Waals surface area contributed by atoms with Crippen molar-refractivity contribution in [1.29, 1.82) is 0 Å². The number of hydrogen-bond donors (Lipinski definition) is 1. The molecule has 0 spiro atoms. The zero-order chi connectivity index (χ0) is 16.8. The largest absolute Gasteiger partial charge is 0.346 e. The van der Waals surface area contributed by atoms with Gasteiger partial charge in [-0.25, -0.2) is 0 Å². The quantitative estimate of drug-likeness (QED) is 0.763. The molecule has 0 saturated carbocycles. The molecule has 6 rings (SSSR count). The van der Waals surface area contributed by atoms with Crippen LogP contribution in [0.3, 0.4) is 0 Å². The number of amides is 1. The Balaban J connectivity index is 1.40. The number of piperidine rings is 3. The van der Waals surface area contributed by atoms with Gasteiger partial charge in [0.05, 0.1) is 4.70 Å². The summed E-state index contributed by atoms with van der Waals surface area (Å²) in [6.45, 7) is 3.35. The Kier molecular flexibility index (Phi) is 3.84. The molecule has 128 valence electrons. The molecule has 1 atom stereocenters. The number of benzene rings is 1. The molecule has 1 aromatic carbocycles. The Morgan fingerprint density at radius 1 is 1.20 bits per heavy atom. The lowest BCUT2D eigenvalue weighted by molar-refractivity contribution is 0.0619. The molecule has 3 aliphatic rings. The first kappa shape index (κ1) is 15.5. The smallest absolute Gasteiger partial charge is 0.271 e. The van der Waals surface area contributed by atoms with Crippen LogP contribution in [-0.2, 0) is 0 Å². The number of carbonyl (C=O) groups excluding carboxylic acids is 1. The highest BCUT2D eigenvalue weighted by atomic mass is 32.1. The van der Waals surface area contributed by atoms with Gasteiger partial charge in [0.2, 0.25) is 0 Å². The minimum atomic E-state index is -0.0201. The maximum Gasteiger partial charge on any atom is 0.271 e. The first-order valence-corrected chi connectivity index (χ1v) is 10.4. The van der Waals surface area contributed by atoms with Crippen molar-refractivity contribution < 1.29 is 4.79 Å². The van der Waals surface area contributed by atoms with Crippen molar-refractivity contribution in [1.82, 2.24) is 14.6 Å². The van der Waals surface area contributed by atoms with Gasteiger partial charge in [-0.1, -0.05) is 12.1 Å². The van der Waals surface area contributed by atoms with Crippen LogP contribution >= 0.6 is 22.9 Å². The Morgan fingerprint density at radius 2 is 2.08 bits per heavy atom. The third-order valence-electron chi connectivity index (χ3n) is 5.51. The van der Waals surface area contributed by atoms with Crippen molar-refractivity contribution in [3.8, 4) is 11.1 Å². The molecule has 3 aromatic rings. The van der Waals surface area contributed by atoms with Crippen LogP contribution in [0.1, 0.15) is 23.3 Å². The third kappa shape index (κ3) is 2.78. The van der Waals surface area contributed by atoms with Gasteiger partial charge in [-0.05, 0) is 77.4 Å². The predicted molar refractivity (Wildman–Crippen MR) is 103 cm³/mol. The number of nitrogens with one attached hydrogen (secondary N) is 1. The topological polar surface area (TPSA) is 45.2 Å². The maximum absolute atomic E-state index is 12.8. The zero-order valence-corrected chi connectivity index (χ0v) is 15.4. The number of thiophene rings is 1. The van der Waals surface area contributed by atoms with Gasteiger partial charge < -0.3 is 10.2 Å². The van der Waals surface area contributed by atoms with Gasteiger partial charge in [-0.2, -0.15) is 15.7 Å². The first-order chi connectivity index (χ1) is 12.3. The normalized spacial score (nSPS) is 25.4. The molecule has 4 nitrogen and oxygen atoms in total. The second-order valence-electron chi connectivity index (χ2n) is 6.97. The molecule has 0 unspecified atom stereocenters. The van der Waals surface area contributed by atoms with E-state index >= 15 is 0 Å². The van der Waals surface area contributed by atoms with E-state index in [0.717, 1.165) is 16.6 Å². The lowest BCUT2D eigenvalue weighted by atomic mass is 9.84. The molecule has 5 heterocycles. The Hall–Kier alpha value is -1.76. The molecule has 3 saturated heterocycles. The Labute approximate surface area is 154 Å². The van der Waals surface area contributed by atoms with Gasteiger partial charge >= 0.3 is 0 Å².